The molecule has 1 amide bonds. The zero-order valence-electron chi connectivity index (χ0n) is 12.5. The molecule has 0 radical (unpaired) electrons. The van der Waals surface area contributed by atoms with Gasteiger partial charge in [-0.1, -0.05) is 11.6 Å². The summed E-state index contributed by atoms with van der Waals surface area (Å²) < 4.78 is 11.4. The minimum absolute atomic E-state index is 0.0241. The fraction of sp³-hybridized carbons (Fsp3) is 0.562. The maximum Gasteiger partial charge on any atom is 0.225 e. The first-order valence-electron chi connectivity index (χ1n) is 7.71. The highest BCUT2D eigenvalue weighted by Crippen LogP contribution is 2.31. The number of carbonyl (C=O) groups excluding carboxylic acids is 1. The van der Waals surface area contributed by atoms with Crippen LogP contribution >= 0.6 is 11.6 Å². The first kappa shape index (κ1) is 15.7. The molecule has 0 atom stereocenters. The van der Waals surface area contributed by atoms with Gasteiger partial charge < -0.3 is 19.7 Å². The van der Waals surface area contributed by atoms with E-state index in [-0.39, 0.29) is 11.7 Å². The van der Waals surface area contributed by atoms with Crippen molar-refractivity contribution in [2.75, 3.05) is 38.2 Å². The van der Waals surface area contributed by atoms with Gasteiger partial charge in [0.15, 0.2) is 5.79 Å². The Morgan fingerprint density at radius 3 is 2.45 bits per heavy atom. The SMILES string of the molecule is O=C(CCN1CCC2(CC1)OCCO2)Nc1ccc(Cl)cc1. The van der Waals surface area contributed by atoms with Crippen LogP contribution in [0, 0.1) is 0 Å². The van der Waals surface area contributed by atoms with Crippen molar-refractivity contribution in [1.82, 2.24) is 4.90 Å². The Balaban J connectivity index is 1.39. The molecule has 1 spiro atoms. The lowest BCUT2D eigenvalue weighted by atomic mass is 10.0. The Bertz CT molecular complexity index is 505. The van der Waals surface area contributed by atoms with Crippen LogP contribution in [-0.2, 0) is 14.3 Å². The van der Waals surface area contributed by atoms with Crippen LogP contribution < -0.4 is 5.32 Å². The number of amides is 1. The van der Waals surface area contributed by atoms with Gasteiger partial charge in [-0.2, -0.15) is 0 Å². The number of hydrogen-bond acceptors (Lipinski definition) is 4. The van der Waals surface area contributed by atoms with E-state index in [1.807, 2.05) is 0 Å². The number of halogens is 1. The molecule has 3 rings (SSSR count). The third-order valence-corrected chi connectivity index (χ3v) is 4.47. The fourth-order valence-corrected chi connectivity index (χ4v) is 3.05. The maximum absolute atomic E-state index is 12.0. The Labute approximate surface area is 135 Å². The Kier molecular flexibility index (Phi) is 4.98. The van der Waals surface area contributed by atoms with E-state index in [0.717, 1.165) is 38.2 Å². The van der Waals surface area contributed by atoms with Crippen LogP contribution in [0.2, 0.25) is 5.02 Å². The minimum Gasteiger partial charge on any atom is -0.347 e. The molecule has 0 aromatic heterocycles. The second-order valence-electron chi connectivity index (χ2n) is 5.75. The molecular formula is C16H21ClN2O3. The summed E-state index contributed by atoms with van der Waals surface area (Å²) in [6.45, 7) is 3.98. The van der Waals surface area contributed by atoms with Crippen molar-refractivity contribution in [3.8, 4) is 0 Å². The van der Waals surface area contributed by atoms with E-state index < -0.39 is 0 Å². The van der Waals surface area contributed by atoms with Crippen molar-refractivity contribution >= 4 is 23.2 Å². The lowest BCUT2D eigenvalue weighted by Crippen LogP contribution is -2.45. The molecule has 22 heavy (non-hydrogen) atoms. The smallest absolute Gasteiger partial charge is 0.225 e. The average molecular weight is 325 g/mol. The van der Waals surface area contributed by atoms with Crippen molar-refractivity contribution in [2.24, 2.45) is 0 Å². The molecule has 2 aliphatic rings. The van der Waals surface area contributed by atoms with Crippen molar-refractivity contribution in [3.05, 3.63) is 29.3 Å². The normalized spacial score (nSPS) is 21.1. The Morgan fingerprint density at radius 2 is 1.82 bits per heavy atom. The quantitative estimate of drug-likeness (QED) is 0.924. The van der Waals surface area contributed by atoms with Crippen LogP contribution in [0.5, 0.6) is 0 Å². The second-order valence-corrected chi connectivity index (χ2v) is 6.19. The number of ether oxygens (including phenoxy) is 2. The van der Waals surface area contributed by atoms with Gasteiger partial charge in [0.05, 0.1) is 13.2 Å². The van der Waals surface area contributed by atoms with E-state index in [0.29, 0.717) is 24.7 Å². The highest BCUT2D eigenvalue weighted by molar-refractivity contribution is 6.30. The maximum atomic E-state index is 12.0. The number of nitrogens with one attached hydrogen (secondary N) is 1. The van der Waals surface area contributed by atoms with Crippen LogP contribution in [0.1, 0.15) is 19.3 Å². The first-order chi connectivity index (χ1) is 10.7. The van der Waals surface area contributed by atoms with Crippen LogP contribution in [0.4, 0.5) is 5.69 Å². The fourth-order valence-electron chi connectivity index (χ4n) is 2.92. The summed E-state index contributed by atoms with van der Waals surface area (Å²) in [5.41, 5.74) is 0.778. The largest absolute Gasteiger partial charge is 0.347 e. The molecule has 2 aliphatic heterocycles. The standard InChI is InChI=1S/C16H21ClN2O3/c17-13-1-3-14(4-2-13)18-15(20)5-8-19-9-6-16(7-10-19)21-11-12-22-16/h1-4H,5-12H2,(H,18,20). The molecule has 6 heteroatoms. The molecule has 2 fully saturated rings. The monoisotopic (exact) mass is 324 g/mol. The van der Waals surface area contributed by atoms with E-state index in [4.69, 9.17) is 21.1 Å². The summed E-state index contributed by atoms with van der Waals surface area (Å²) >= 11 is 5.82. The molecule has 0 unspecified atom stereocenters. The molecule has 0 aliphatic carbocycles. The minimum atomic E-state index is -0.345. The van der Waals surface area contributed by atoms with Crippen LogP contribution in [0.25, 0.3) is 0 Å². The molecule has 2 heterocycles. The molecule has 0 saturated carbocycles. The van der Waals surface area contributed by atoms with Gasteiger partial charge in [0.2, 0.25) is 5.91 Å². The summed E-state index contributed by atoms with van der Waals surface area (Å²) in [6, 6.07) is 7.14. The lowest BCUT2D eigenvalue weighted by molar-refractivity contribution is -0.185. The van der Waals surface area contributed by atoms with Gasteiger partial charge in [0.1, 0.15) is 0 Å². The lowest BCUT2D eigenvalue weighted by Gasteiger charge is -2.37. The summed E-state index contributed by atoms with van der Waals surface area (Å²) in [5, 5.41) is 3.55. The Hall–Kier alpha value is -1.14. The highest BCUT2D eigenvalue weighted by Gasteiger charge is 2.39. The summed E-state index contributed by atoms with van der Waals surface area (Å²) in [5.74, 6) is -0.321. The molecule has 2 saturated heterocycles. The van der Waals surface area contributed by atoms with Crippen LogP contribution in [0.15, 0.2) is 24.3 Å². The third-order valence-electron chi connectivity index (χ3n) is 4.21. The number of rotatable bonds is 4. The van der Waals surface area contributed by atoms with Crippen molar-refractivity contribution in [3.63, 3.8) is 0 Å². The van der Waals surface area contributed by atoms with Gasteiger partial charge in [-0.15, -0.1) is 0 Å². The average Bonchev–Trinajstić information content (AvgIpc) is 2.97. The van der Waals surface area contributed by atoms with Gasteiger partial charge in [-0.3, -0.25) is 4.79 Å². The number of hydrogen-bond donors (Lipinski definition) is 1. The summed E-state index contributed by atoms with van der Waals surface area (Å²) in [6.07, 6.45) is 2.24. The van der Waals surface area contributed by atoms with Gasteiger partial charge in [-0.25, -0.2) is 0 Å². The van der Waals surface area contributed by atoms with Gasteiger partial charge in [-0.05, 0) is 24.3 Å². The molecule has 1 aromatic carbocycles. The summed E-state index contributed by atoms with van der Waals surface area (Å²) in [7, 11) is 0. The Morgan fingerprint density at radius 1 is 1.18 bits per heavy atom. The number of carbonyl (C=O) groups is 1. The molecule has 0 bridgehead atoms. The topological polar surface area (TPSA) is 50.8 Å². The zero-order chi connectivity index (χ0) is 15.4. The molecule has 1 aromatic rings. The summed E-state index contributed by atoms with van der Waals surface area (Å²) in [4.78, 5) is 14.3. The van der Waals surface area contributed by atoms with E-state index >= 15 is 0 Å². The van der Waals surface area contributed by atoms with E-state index in [1.165, 1.54) is 0 Å². The predicted molar refractivity (Wildman–Crippen MR) is 85.0 cm³/mol. The van der Waals surface area contributed by atoms with E-state index in [1.54, 1.807) is 24.3 Å². The zero-order valence-corrected chi connectivity index (χ0v) is 13.3. The number of piperidine rings is 1. The van der Waals surface area contributed by atoms with E-state index in [2.05, 4.69) is 10.2 Å². The molecule has 120 valence electrons. The third kappa shape index (κ3) is 3.98. The van der Waals surface area contributed by atoms with E-state index in [9.17, 15) is 4.79 Å². The molecule has 1 N–H and O–H groups in total. The second kappa shape index (κ2) is 6.96. The number of likely N-dealkylation sites (tertiary alicyclic amines) is 1. The molecular weight excluding hydrogens is 304 g/mol. The molecule has 5 nitrogen and oxygen atoms in total. The number of anilines is 1. The first-order valence-corrected chi connectivity index (χ1v) is 8.09. The number of nitrogens with zero attached hydrogens (tertiary/aromatic N) is 1. The van der Waals surface area contributed by atoms with Crippen molar-refractivity contribution in [1.29, 1.82) is 0 Å². The van der Waals surface area contributed by atoms with Crippen molar-refractivity contribution in [2.45, 2.75) is 25.0 Å². The van der Waals surface area contributed by atoms with Gasteiger partial charge in [0.25, 0.3) is 0 Å². The predicted octanol–water partition coefficient (Wildman–Crippen LogP) is 2.51. The van der Waals surface area contributed by atoms with Gasteiger partial charge >= 0.3 is 0 Å². The van der Waals surface area contributed by atoms with Crippen LogP contribution in [-0.4, -0.2) is 49.4 Å². The van der Waals surface area contributed by atoms with Crippen molar-refractivity contribution < 1.29 is 14.3 Å². The number of benzene rings is 1. The van der Waals surface area contributed by atoms with Crippen LogP contribution in [0.3, 0.4) is 0 Å². The highest BCUT2D eigenvalue weighted by atomic mass is 35.5. The van der Waals surface area contributed by atoms with Gasteiger partial charge in [0, 0.05) is 49.6 Å².